The molecule has 0 fully saturated rings. The minimum atomic E-state index is -3.74. The third-order valence-electron chi connectivity index (χ3n) is 5.82. The Kier molecular flexibility index (Phi) is 10.0. The smallest absolute Gasteiger partial charge is 0.322 e. The van der Waals surface area contributed by atoms with Gasteiger partial charge in [-0.1, -0.05) is 25.1 Å². The van der Waals surface area contributed by atoms with Crippen molar-refractivity contribution in [2.45, 2.75) is 53.6 Å². The van der Waals surface area contributed by atoms with Gasteiger partial charge in [0.2, 0.25) is 0 Å². The molecule has 0 unspecified atom stereocenters. The quantitative estimate of drug-likeness (QED) is 0.416. The second-order valence-corrected chi connectivity index (χ2v) is 9.77. The van der Waals surface area contributed by atoms with Gasteiger partial charge in [0, 0.05) is 36.4 Å². The SMILES string of the molecule is CC[C@H](C)N(Cc1ccc(N(CC)CC)cc1OS(=O)(=O)CC)C(=O)Nc1ccccc1OC. The maximum absolute atomic E-state index is 13.3. The summed E-state index contributed by atoms with van der Waals surface area (Å²) in [5.41, 5.74) is 2.04. The second kappa shape index (κ2) is 12.5. The molecule has 2 aromatic carbocycles. The van der Waals surface area contributed by atoms with E-state index < -0.39 is 10.1 Å². The van der Waals surface area contributed by atoms with Gasteiger partial charge in [-0.2, -0.15) is 8.42 Å². The van der Waals surface area contributed by atoms with Crippen LogP contribution < -0.4 is 19.1 Å². The highest BCUT2D eigenvalue weighted by Gasteiger charge is 2.24. The van der Waals surface area contributed by atoms with Crippen molar-refractivity contribution in [3.05, 3.63) is 48.0 Å². The molecule has 0 aliphatic heterocycles. The van der Waals surface area contributed by atoms with Crippen LogP contribution in [0.2, 0.25) is 0 Å². The molecule has 9 heteroatoms. The van der Waals surface area contributed by atoms with Gasteiger partial charge in [0.15, 0.2) is 0 Å². The second-order valence-electron chi connectivity index (χ2n) is 7.91. The van der Waals surface area contributed by atoms with E-state index in [0.717, 1.165) is 25.2 Å². The fourth-order valence-electron chi connectivity index (χ4n) is 3.50. The molecule has 0 aliphatic carbocycles. The minimum absolute atomic E-state index is 0.104. The van der Waals surface area contributed by atoms with Crippen LogP contribution >= 0.6 is 0 Å². The van der Waals surface area contributed by atoms with Gasteiger partial charge in [-0.3, -0.25) is 0 Å². The van der Waals surface area contributed by atoms with Crippen molar-refractivity contribution in [3.63, 3.8) is 0 Å². The zero-order valence-corrected chi connectivity index (χ0v) is 21.8. The van der Waals surface area contributed by atoms with Gasteiger partial charge >= 0.3 is 16.1 Å². The first-order chi connectivity index (χ1) is 16.2. The maximum atomic E-state index is 13.3. The van der Waals surface area contributed by atoms with Crippen LogP contribution in [0.25, 0.3) is 0 Å². The molecule has 0 heterocycles. The maximum Gasteiger partial charge on any atom is 0.322 e. The predicted molar refractivity (Wildman–Crippen MR) is 137 cm³/mol. The van der Waals surface area contributed by atoms with Gasteiger partial charge in [-0.05, 0) is 52.3 Å². The lowest BCUT2D eigenvalue weighted by Gasteiger charge is -2.30. The summed E-state index contributed by atoms with van der Waals surface area (Å²) in [5, 5.41) is 2.92. The number of hydrogen-bond acceptors (Lipinski definition) is 6. The third-order valence-corrected chi connectivity index (χ3v) is 6.96. The Balaban J connectivity index is 2.43. The third kappa shape index (κ3) is 7.03. The summed E-state index contributed by atoms with van der Waals surface area (Å²) in [6, 6.07) is 12.3. The van der Waals surface area contributed by atoms with E-state index in [0.29, 0.717) is 17.0 Å². The largest absolute Gasteiger partial charge is 0.495 e. The van der Waals surface area contributed by atoms with E-state index >= 15 is 0 Å². The van der Waals surface area contributed by atoms with Crippen LogP contribution in [0.5, 0.6) is 11.5 Å². The summed E-state index contributed by atoms with van der Waals surface area (Å²) in [5.74, 6) is 0.650. The highest BCUT2D eigenvalue weighted by atomic mass is 32.2. The molecule has 8 nitrogen and oxygen atoms in total. The van der Waals surface area contributed by atoms with Crippen LogP contribution in [0, 0.1) is 0 Å². The Morgan fingerprint density at radius 1 is 1.03 bits per heavy atom. The summed E-state index contributed by atoms with van der Waals surface area (Å²) >= 11 is 0. The molecule has 0 bridgehead atoms. The fraction of sp³-hybridized carbons (Fsp3) is 0.480. The molecule has 0 aromatic heterocycles. The number of urea groups is 1. The normalized spacial score (nSPS) is 12.1. The zero-order chi connectivity index (χ0) is 25.3. The number of nitrogens with zero attached hydrogens (tertiary/aromatic N) is 2. The van der Waals surface area contributed by atoms with Gasteiger partial charge in [0.1, 0.15) is 11.5 Å². The number of amides is 2. The van der Waals surface area contributed by atoms with Crippen molar-refractivity contribution in [2.24, 2.45) is 0 Å². The van der Waals surface area contributed by atoms with Crippen LogP contribution in [0.3, 0.4) is 0 Å². The number of hydrogen-bond donors (Lipinski definition) is 1. The summed E-state index contributed by atoms with van der Waals surface area (Å²) in [6.07, 6.45) is 0.723. The van der Waals surface area contributed by atoms with Crippen molar-refractivity contribution in [1.29, 1.82) is 0 Å². The Labute approximate surface area is 204 Å². The number of rotatable bonds is 12. The Bertz CT molecular complexity index is 1050. The van der Waals surface area contributed by atoms with Crippen molar-refractivity contribution in [1.82, 2.24) is 4.90 Å². The first-order valence-electron chi connectivity index (χ1n) is 11.7. The lowest BCUT2D eigenvalue weighted by molar-refractivity contribution is 0.186. The molecule has 2 amide bonds. The van der Waals surface area contributed by atoms with Gasteiger partial charge in [0.05, 0.1) is 25.1 Å². The number of nitrogens with one attached hydrogen (secondary N) is 1. The lowest BCUT2D eigenvalue weighted by Crippen LogP contribution is -2.40. The van der Waals surface area contributed by atoms with Crippen molar-refractivity contribution >= 4 is 27.5 Å². The topological polar surface area (TPSA) is 88.2 Å². The molecule has 0 saturated heterocycles. The van der Waals surface area contributed by atoms with Crippen molar-refractivity contribution in [3.8, 4) is 11.5 Å². The lowest BCUT2D eigenvalue weighted by atomic mass is 10.1. The van der Waals surface area contributed by atoms with Crippen LogP contribution in [0.1, 0.15) is 46.6 Å². The Hall–Kier alpha value is -2.94. The highest BCUT2D eigenvalue weighted by molar-refractivity contribution is 7.87. The number of carbonyl (C=O) groups excluding carboxylic acids is 1. The van der Waals surface area contributed by atoms with E-state index in [4.69, 9.17) is 8.92 Å². The average Bonchev–Trinajstić information content (AvgIpc) is 2.83. The van der Waals surface area contributed by atoms with Crippen molar-refractivity contribution < 1.29 is 22.1 Å². The first kappa shape index (κ1) is 27.3. The number of anilines is 2. The fourth-order valence-corrected chi connectivity index (χ4v) is 4.05. The first-order valence-corrected chi connectivity index (χ1v) is 13.3. The predicted octanol–water partition coefficient (Wildman–Crippen LogP) is 5.10. The van der Waals surface area contributed by atoms with E-state index in [2.05, 4.69) is 10.2 Å². The molecule has 188 valence electrons. The van der Waals surface area contributed by atoms with Gasteiger partial charge in [0.25, 0.3) is 0 Å². The summed E-state index contributed by atoms with van der Waals surface area (Å²) in [6.45, 7) is 11.3. The van der Waals surface area contributed by atoms with Crippen LogP contribution in [-0.2, 0) is 16.7 Å². The Morgan fingerprint density at radius 2 is 1.71 bits per heavy atom. The summed E-state index contributed by atoms with van der Waals surface area (Å²) in [7, 11) is -2.20. The number of para-hydroxylation sites is 2. The summed E-state index contributed by atoms with van der Waals surface area (Å²) < 4.78 is 35.5. The molecule has 0 aliphatic rings. The number of methoxy groups -OCH3 is 1. The molecule has 2 aromatic rings. The molecule has 2 rings (SSSR count). The molecule has 0 saturated carbocycles. The monoisotopic (exact) mass is 491 g/mol. The molecule has 0 spiro atoms. The molecule has 1 N–H and O–H groups in total. The van der Waals surface area contributed by atoms with E-state index in [1.54, 1.807) is 30.2 Å². The molecular formula is C25H37N3O5S. The average molecular weight is 492 g/mol. The molecule has 34 heavy (non-hydrogen) atoms. The Morgan fingerprint density at radius 3 is 2.29 bits per heavy atom. The number of ether oxygens (including phenoxy) is 1. The summed E-state index contributed by atoms with van der Waals surface area (Å²) in [4.78, 5) is 17.1. The van der Waals surface area contributed by atoms with E-state index in [1.807, 2.05) is 52.0 Å². The number of benzene rings is 2. The highest BCUT2D eigenvalue weighted by Crippen LogP contribution is 2.30. The molecule has 0 radical (unpaired) electrons. The van der Waals surface area contributed by atoms with Crippen LogP contribution in [-0.4, -0.2) is 51.3 Å². The molecular weight excluding hydrogens is 454 g/mol. The van der Waals surface area contributed by atoms with Gasteiger partial charge in [-0.25, -0.2) is 4.79 Å². The van der Waals surface area contributed by atoms with E-state index in [1.165, 1.54) is 6.92 Å². The standard InChI is InChI=1S/C25H37N3O5S/c1-7-19(5)28(25(29)26-22-13-11-12-14-23(22)32-6)18-20-15-16-21(27(8-2)9-3)17-24(20)33-34(30,31)10-4/h11-17,19H,7-10,18H2,1-6H3,(H,26,29)/t19-/m0/s1. The van der Waals surface area contributed by atoms with Gasteiger partial charge in [-0.15, -0.1) is 0 Å². The molecule has 1 atom stereocenters. The zero-order valence-electron chi connectivity index (χ0n) is 21.0. The van der Waals surface area contributed by atoms with Crippen LogP contribution in [0.15, 0.2) is 42.5 Å². The van der Waals surface area contributed by atoms with E-state index in [9.17, 15) is 13.2 Å². The van der Waals surface area contributed by atoms with Gasteiger partial charge < -0.3 is 24.0 Å². The number of carbonyl (C=O) groups is 1. The van der Waals surface area contributed by atoms with Crippen LogP contribution in [0.4, 0.5) is 16.2 Å². The van der Waals surface area contributed by atoms with Crippen molar-refractivity contribution in [2.75, 3.05) is 36.2 Å². The minimum Gasteiger partial charge on any atom is -0.495 e. The van der Waals surface area contributed by atoms with E-state index in [-0.39, 0.29) is 30.1 Å².